The van der Waals surface area contributed by atoms with E-state index in [4.69, 9.17) is 0 Å². The van der Waals surface area contributed by atoms with Gasteiger partial charge in [-0.3, -0.25) is 0 Å². The lowest BCUT2D eigenvalue weighted by Crippen LogP contribution is -2.55. The van der Waals surface area contributed by atoms with Crippen molar-refractivity contribution in [2.75, 3.05) is 6.54 Å². The number of urea groups is 1. The smallest absolute Gasteiger partial charge is 0.347 e. The highest BCUT2D eigenvalue weighted by Gasteiger charge is 2.47. The van der Waals surface area contributed by atoms with Crippen molar-refractivity contribution in [1.29, 1.82) is 0 Å². The fraction of sp³-hybridized carbons (Fsp3) is 0.750. The number of nitrogens with zero attached hydrogens (tertiary/aromatic N) is 2. The quantitative estimate of drug-likeness (QED) is 0.877. The Morgan fingerprint density at radius 3 is 2.58 bits per heavy atom. The molecule has 2 atom stereocenters. The van der Waals surface area contributed by atoms with E-state index in [0.717, 1.165) is 25.7 Å². The van der Waals surface area contributed by atoms with Crippen molar-refractivity contribution in [2.45, 2.75) is 63.2 Å². The maximum Gasteiger partial charge on any atom is 0.408 e. The van der Waals surface area contributed by atoms with Crippen LogP contribution in [0.2, 0.25) is 0 Å². The lowest BCUT2D eigenvalue weighted by atomic mass is 9.97. The monoisotopic (exact) mass is 344 g/mol. The van der Waals surface area contributed by atoms with Gasteiger partial charge in [0.1, 0.15) is 11.9 Å². The molecule has 5 nitrogen and oxygen atoms in total. The Hall–Kier alpha value is -1.73. The van der Waals surface area contributed by atoms with Crippen LogP contribution in [0.25, 0.3) is 0 Å². The molecule has 24 heavy (non-hydrogen) atoms. The summed E-state index contributed by atoms with van der Waals surface area (Å²) in [6, 6.07) is -2.68. The molecule has 2 fully saturated rings. The van der Waals surface area contributed by atoms with E-state index in [1.54, 1.807) is 12.4 Å². The van der Waals surface area contributed by atoms with Crippen LogP contribution in [0.1, 0.15) is 56.8 Å². The summed E-state index contributed by atoms with van der Waals surface area (Å²) in [7, 11) is 0. The summed E-state index contributed by atoms with van der Waals surface area (Å²) in [5.41, 5.74) is 0. The van der Waals surface area contributed by atoms with E-state index in [1.807, 2.05) is 0 Å². The van der Waals surface area contributed by atoms with E-state index in [2.05, 4.69) is 15.3 Å². The molecule has 8 heteroatoms. The first-order valence-electron chi connectivity index (χ1n) is 8.60. The largest absolute Gasteiger partial charge is 0.408 e. The number of aromatic nitrogens is 2. The Morgan fingerprint density at radius 2 is 1.96 bits per heavy atom. The summed E-state index contributed by atoms with van der Waals surface area (Å²) in [5.74, 6) is 0.120. The maximum atomic E-state index is 13.4. The zero-order chi connectivity index (χ0) is 17.2. The molecule has 2 heterocycles. The number of aromatic amines is 1. The summed E-state index contributed by atoms with van der Waals surface area (Å²) < 4.78 is 40.3. The van der Waals surface area contributed by atoms with Crippen LogP contribution in [-0.2, 0) is 0 Å². The minimum absolute atomic E-state index is 0.286. The fourth-order valence-electron chi connectivity index (χ4n) is 3.89. The second-order valence-electron chi connectivity index (χ2n) is 6.69. The van der Waals surface area contributed by atoms with Crippen molar-refractivity contribution in [2.24, 2.45) is 5.92 Å². The minimum atomic E-state index is -4.42. The van der Waals surface area contributed by atoms with Gasteiger partial charge in [-0.1, -0.05) is 12.8 Å². The number of nitrogens with one attached hydrogen (secondary N) is 2. The highest BCUT2D eigenvalue weighted by molar-refractivity contribution is 5.75. The lowest BCUT2D eigenvalue weighted by Gasteiger charge is -2.37. The molecule has 1 saturated heterocycles. The van der Waals surface area contributed by atoms with Crippen molar-refractivity contribution in [3.05, 3.63) is 18.2 Å². The van der Waals surface area contributed by atoms with Gasteiger partial charge in [0.05, 0.1) is 6.04 Å². The van der Waals surface area contributed by atoms with Crippen LogP contribution in [0, 0.1) is 5.92 Å². The fourth-order valence-corrected chi connectivity index (χ4v) is 3.89. The van der Waals surface area contributed by atoms with Gasteiger partial charge in [0.2, 0.25) is 0 Å². The molecule has 0 aromatic carbocycles. The minimum Gasteiger partial charge on any atom is -0.347 e. The SMILES string of the molecule is O=C(NC(C1CCCC1)C(F)(F)F)N1CCCCC1c1ncc[nH]1. The molecule has 1 aromatic rings. The van der Waals surface area contributed by atoms with E-state index in [0.29, 0.717) is 31.6 Å². The number of hydrogen-bond acceptors (Lipinski definition) is 2. The molecule has 1 saturated carbocycles. The third kappa shape index (κ3) is 3.67. The number of likely N-dealkylation sites (tertiary alicyclic amines) is 1. The van der Waals surface area contributed by atoms with Crippen LogP contribution in [0.15, 0.2) is 12.4 Å². The molecule has 1 aliphatic carbocycles. The zero-order valence-electron chi connectivity index (χ0n) is 13.5. The predicted molar refractivity (Wildman–Crippen MR) is 82.2 cm³/mol. The van der Waals surface area contributed by atoms with Crippen LogP contribution in [0.5, 0.6) is 0 Å². The number of piperidine rings is 1. The molecule has 3 rings (SSSR count). The topological polar surface area (TPSA) is 61.0 Å². The normalized spacial score (nSPS) is 24.1. The van der Waals surface area contributed by atoms with Gasteiger partial charge in [0.25, 0.3) is 0 Å². The number of hydrogen-bond donors (Lipinski definition) is 2. The summed E-state index contributed by atoms with van der Waals surface area (Å²) in [6.45, 7) is 0.451. The molecule has 0 bridgehead atoms. The summed E-state index contributed by atoms with van der Waals surface area (Å²) in [4.78, 5) is 21.2. The number of amides is 2. The molecular formula is C16H23F3N4O. The summed E-state index contributed by atoms with van der Waals surface area (Å²) in [6.07, 6.45) is 3.91. The molecule has 1 aliphatic heterocycles. The van der Waals surface area contributed by atoms with Gasteiger partial charge in [-0.2, -0.15) is 13.2 Å². The Labute approximate surface area is 139 Å². The summed E-state index contributed by atoms with van der Waals surface area (Å²) >= 11 is 0. The van der Waals surface area contributed by atoms with E-state index < -0.39 is 24.2 Å². The van der Waals surface area contributed by atoms with Crippen molar-refractivity contribution in [3.63, 3.8) is 0 Å². The van der Waals surface area contributed by atoms with E-state index in [1.165, 1.54) is 4.90 Å². The van der Waals surface area contributed by atoms with Crippen LogP contribution in [-0.4, -0.2) is 39.7 Å². The van der Waals surface area contributed by atoms with Crippen LogP contribution in [0.4, 0.5) is 18.0 Å². The summed E-state index contributed by atoms with van der Waals surface area (Å²) in [5, 5.41) is 2.28. The Balaban J connectivity index is 1.73. The number of imidazole rings is 1. The molecule has 2 unspecified atom stereocenters. The molecule has 1 aromatic heterocycles. The van der Waals surface area contributed by atoms with Crippen LogP contribution >= 0.6 is 0 Å². The second kappa shape index (κ2) is 7.03. The first kappa shape index (κ1) is 17.1. The molecule has 2 amide bonds. The van der Waals surface area contributed by atoms with Gasteiger partial charge in [0.15, 0.2) is 0 Å². The predicted octanol–water partition coefficient (Wildman–Crippen LogP) is 3.77. The molecule has 0 radical (unpaired) electrons. The average molecular weight is 344 g/mol. The maximum absolute atomic E-state index is 13.4. The molecule has 2 N–H and O–H groups in total. The van der Waals surface area contributed by atoms with Crippen molar-refractivity contribution in [1.82, 2.24) is 20.2 Å². The van der Waals surface area contributed by atoms with Crippen LogP contribution in [0.3, 0.4) is 0 Å². The van der Waals surface area contributed by atoms with Gasteiger partial charge in [-0.15, -0.1) is 0 Å². The van der Waals surface area contributed by atoms with E-state index in [-0.39, 0.29) is 6.04 Å². The van der Waals surface area contributed by atoms with Crippen molar-refractivity contribution >= 4 is 6.03 Å². The number of carbonyl (C=O) groups is 1. The van der Waals surface area contributed by atoms with Gasteiger partial charge < -0.3 is 15.2 Å². The number of rotatable bonds is 3. The Morgan fingerprint density at radius 1 is 1.25 bits per heavy atom. The first-order chi connectivity index (χ1) is 11.5. The van der Waals surface area contributed by atoms with Crippen LogP contribution < -0.4 is 5.32 Å². The van der Waals surface area contributed by atoms with Gasteiger partial charge in [-0.25, -0.2) is 9.78 Å². The molecule has 0 spiro atoms. The van der Waals surface area contributed by atoms with Crippen molar-refractivity contribution < 1.29 is 18.0 Å². The average Bonchev–Trinajstić information content (AvgIpc) is 3.24. The lowest BCUT2D eigenvalue weighted by molar-refractivity contribution is -0.165. The highest BCUT2D eigenvalue weighted by Crippen LogP contribution is 2.36. The number of halogens is 3. The molecule has 2 aliphatic rings. The van der Waals surface area contributed by atoms with E-state index >= 15 is 0 Å². The highest BCUT2D eigenvalue weighted by atomic mass is 19.4. The first-order valence-corrected chi connectivity index (χ1v) is 8.60. The Kier molecular flexibility index (Phi) is 5.01. The molecule has 134 valence electrons. The van der Waals surface area contributed by atoms with Crippen molar-refractivity contribution in [3.8, 4) is 0 Å². The van der Waals surface area contributed by atoms with Gasteiger partial charge in [0, 0.05) is 18.9 Å². The number of alkyl halides is 3. The number of carbonyl (C=O) groups excluding carboxylic acids is 1. The van der Waals surface area contributed by atoms with E-state index in [9.17, 15) is 18.0 Å². The zero-order valence-corrected chi connectivity index (χ0v) is 13.5. The number of H-pyrrole nitrogens is 1. The van der Waals surface area contributed by atoms with Gasteiger partial charge in [-0.05, 0) is 38.0 Å². The Bertz CT molecular complexity index is 540. The standard InChI is InChI=1S/C16H23F3N4O/c17-16(18,19)13(11-5-1-2-6-11)22-15(24)23-10-4-3-7-12(23)14-20-8-9-21-14/h8-9,11-13H,1-7,10H2,(H,20,21)(H,22,24). The molecular weight excluding hydrogens is 321 g/mol. The third-order valence-corrected chi connectivity index (χ3v) is 5.10. The second-order valence-corrected chi connectivity index (χ2v) is 6.69. The van der Waals surface area contributed by atoms with Gasteiger partial charge >= 0.3 is 12.2 Å². The third-order valence-electron chi connectivity index (χ3n) is 5.10.